The smallest absolute Gasteiger partial charge is 0.550 e. The van der Waals surface area contributed by atoms with Crippen LogP contribution in [0, 0.1) is 0 Å². The fraction of sp³-hybridized carbons (Fsp3) is 0.500. The fourth-order valence-electron chi connectivity index (χ4n) is 0.204. The van der Waals surface area contributed by atoms with E-state index in [1.54, 1.807) is 0 Å². The molecule has 4 N–H and O–H groups in total. The van der Waals surface area contributed by atoms with Crippen LogP contribution in [-0.2, 0) is 26.4 Å². The van der Waals surface area contributed by atoms with Gasteiger partial charge in [-0.15, -0.1) is 0 Å². The average molecular weight is 193 g/mol. The molecular formula is C4H8CoNO4+. The Kier molecular flexibility index (Phi) is 13.6. The first kappa shape index (κ1) is 16.2. The fourth-order valence-corrected chi connectivity index (χ4v) is 0.204. The number of quaternary nitrogens is 1. The van der Waals surface area contributed by atoms with Crippen molar-refractivity contribution in [3.05, 3.63) is 0 Å². The van der Waals surface area contributed by atoms with Crippen LogP contribution in [0.1, 0.15) is 12.8 Å². The van der Waals surface area contributed by atoms with Gasteiger partial charge in [-0.3, -0.25) is 0 Å². The Morgan fingerprint density at radius 1 is 1.00 bits per heavy atom. The number of hydrogen-bond donors (Lipinski definition) is 1. The molecule has 0 spiro atoms. The van der Waals surface area contributed by atoms with Crippen molar-refractivity contribution >= 4 is 11.9 Å². The van der Waals surface area contributed by atoms with E-state index in [1.807, 2.05) is 0 Å². The number of hydrogen-bond acceptors (Lipinski definition) is 4. The van der Waals surface area contributed by atoms with Gasteiger partial charge in [-0.05, 0) is 12.8 Å². The Morgan fingerprint density at radius 3 is 1.30 bits per heavy atom. The van der Waals surface area contributed by atoms with Gasteiger partial charge in [0.2, 0.25) is 0 Å². The van der Waals surface area contributed by atoms with Crippen LogP contribution in [-0.4, -0.2) is 11.9 Å². The van der Waals surface area contributed by atoms with Gasteiger partial charge in [0.05, 0.1) is 0 Å². The molecule has 10 heavy (non-hydrogen) atoms. The molecule has 0 heterocycles. The van der Waals surface area contributed by atoms with Gasteiger partial charge < -0.3 is 26.0 Å². The Balaban J connectivity index is -0.000000245. The summed E-state index contributed by atoms with van der Waals surface area (Å²) in [7, 11) is 0. The zero-order valence-corrected chi connectivity index (χ0v) is 6.42. The first-order valence-corrected chi connectivity index (χ1v) is 2.02. The molecule has 0 rings (SSSR count). The Bertz CT molecular complexity index is 102. The van der Waals surface area contributed by atoms with Gasteiger partial charge >= 0.3 is 16.8 Å². The normalized spacial score (nSPS) is 6.80. The van der Waals surface area contributed by atoms with Crippen LogP contribution in [0.4, 0.5) is 0 Å². The predicted molar refractivity (Wildman–Crippen MR) is 25.2 cm³/mol. The Hall–Kier alpha value is -0.594. The van der Waals surface area contributed by atoms with Crippen molar-refractivity contribution in [3.63, 3.8) is 0 Å². The van der Waals surface area contributed by atoms with E-state index < -0.39 is 24.8 Å². The van der Waals surface area contributed by atoms with E-state index in [1.165, 1.54) is 0 Å². The predicted octanol–water partition coefficient (Wildman–Crippen LogP) is -2.36. The van der Waals surface area contributed by atoms with Crippen molar-refractivity contribution in [3.8, 4) is 0 Å². The van der Waals surface area contributed by atoms with Gasteiger partial charge in [-0.1, -0.05) is 0 Å². The number of carbonyl (C=O) groups is 2. The number of carboxylic acids is 2. The number of carbonyl (C=O) groups excluding carboxylic acids is 2. The maximum absolute atomic E-state index is 9.50. The van der Waals surface area contributed by atoms with Gasteiger partial charge in [0, 0.05) is 11.9 Å². The maximum atomic E-state index is 9.50. The second kappa shape index (κ2) is 8.41. The largest absolute Gasteiger partial charge is 2.00 e. The van der Waals surface area contributed by atoms with Gasteiger partial charge in [0.25, 0.3) is 0 Å². The second-order valence-electron chi connectivity index (χ2n) is 1.24. The van der Waals surface area contributed by atoms with E-state index in [-0.39, 0.29) is 22.9 Å². The zero-order valence-electron chi connectivity index (χ0n) is 5.38. The van der Waals surface area contributed by atoms with E-state index in [0.717, 1.165) is 0 Å². The number of carboxylic acid groups (broad SMARTS) is 2. The van der Waals surface area contributed by atoms with Crippen LogP contribution < -0.4 is 16.4 Å². The molecule has 6 heteroatoms. The minimum absolute atomic E-state index is 0. The third kappa shape index (κ3) is 15.7. The van der Waals surface area contributed by atoms with Gasteiger partial charge in [0.1, 0.15) is 0 Å². The minimum Gasteiger partial charge on any atom is -0.550 e. The summed E-state index contributed by atoms with van der Waals surface area (Å²) in [6, 6.07) is 0. The molecule has 0 aromatic rings. The van der Waals surface area contributed by atoms with Crippen molar-refractivity contribution in [2.75, 3.05) is 0 Å². The standard InChI is InChI=1S/C4H6O4.Co.H3N/c5-3(6)1-2-4(7)8;;/h1-2H2,(H,5,6)(H,7,8);;1H3/q;+2;/p-1. The topological polar surface area (TPSA) is 117 Å². The summed E-state index contributed by atoms with van der Waals surface area (Å²) in [6.07, 6.45) is -0.940. The molecule has 0 fully saturated rings. The Morgan fingerprint density at radius 2 is 1.20 bits per heavy atom. The molecule has 0 aliphatic rings. The molecule has 0 saturated carbocycles. The first-order valence-electron chi connectivity index (χ1n) is 2.02. The van der Waals surface area contributed by atoms with Crippen LogP contribution >= 0.6 is 0 Å². The number of rotatable bonds is 3. The summed E-state index contributed by atoms with van der Waals surface area (Å²) in [6.45, 7) is 0. The second-order valence-corrected chi connectivity index (χ2v) is 1.24. The number of aliphatic carboxylic acids is 2. The molecule has 0 aromatic heterocycles. The van der Waals surface area contributed by atoms with E-state index in [9.17, 15) is 19.8 Å². The summed E-state index contributed by atoms with van der Waals surface area (Å²) in [5.41, 5.74) is 0. The molecule has 0 saturated heterocycles. The summed E-state index contributed by atoms with van der Waals surface area (Å²) in [5, 5.41) is 19.0. The van der Waals surface area contributed by atoms with Gasteiger partial charge in [-0.25, -0.2) is 0 Å². The van der Waals surface area contributed by atoms with Crippen LogP contribution in [0.15, 0.2) is 0 Å². The molecule has 0 unspecified atom stereocenters. The van der Waals surface area contributed by atoms with E-state index in [0.29, 0.717) is 0 Å². The minimum atomic E-state index is -1.37. The quantitative estimate of drug-likeness (QED) is 0.539. The van der Waals surface area contributed by atoms with Gasteiger partial charge in [0.15, 0.2) is 0 Å². The van der Waals surface area contributed by atoms with Crippen LogP contribution in [0.5, 0.6) is 0 Å². The average Bonchev–Trinajstić information content (AvgIpc) is 1.61. The van der Waals surface area contributed by atoms with Gasteiger partial charge in [-0.2, -0.15) is 0 Å². The van der Waals surface area contributed by atoms with E-state index in [4.69, 9.17) is 0 Å². The van der Waals surface area contributed by atoms with E-state index in [2.05, 4.69) is 0 Å². The van der Waals surface area contributed by atoms with E-state index >= 15 is 0 Å². The molecule has 0 aromatic carbocycles. The summed E-state index contributed by atoms with van der Waals surface area (Å²) >= 11 is 0. The third-order valence-corrected chi connectivity index (χ3v) is 0.533. The van der Waals surface area contributed by atoms with Crippen molar-refractivity contribution in [1.82, 2.24) is 6.15 Å². The molecule has 0 bridgehead atoms. The molecule has 0 amide bonds. The van der Waals surface area contributed by atoms with Crippen molar-refractivity contribution < 1.29 is 36.6 Å². The monoisotopic (exact) mass is 193 g/mol. The Labute approximate surface area is 68.2 Å². The molecule has 61 valence electrons. The summed E-state index contributed by atoms with van der Waals surface area (Å²) in [4.78, 5) is 19.0. The SMILES string of the molecule is O=C([O-])CCC(=O)[O-].[Co+2].[NH4+]. The van der Waals surface area contributed by atoms with Crippen molar-refractivity contribution in [2.45, 2.75) is 12.8 Å². The molecule has 5 nitrogen and oxygen atoms in total. The molecule has 0 aliphatic carbocycles. The molecule has 1 radical (unpaired) electrons. The molecular weight excluding hydrogens is 185 g/mol. The zero-order chi connectivity index (χ0) is 6.57. The van der Waals surface area contributed by atoms with Crippen LogP contribution in [0.2, 0.25) is 0 Å². The van der Waals surface area contributed by atoms with Crippen LogP contribution in [0.25, 0.3) is 0 Å². The molecule has 0 aliphatic heterocycles. The first-order chi connectivity index (χ1) is 3.63. The van der Waals surface area contributed by atoms with Crippen LogP contribution in [0.3, 0.4) is 0 Å². The summed E-state index contributed by atoms with van der Waals surface area (Å²) < 4.78 is 0. The maximum Gasteiger partial charge on any atom is 2.00 e. The molecule has 0 atom stereocenters. The third-order valence-electron chi connectivity index (χ3n) is 0.533. The summed E-state index contributed by atoms with van der Waals surface area (Å²) in [5.74, 6) is -2.73. The van der Waals surface area contributed by atoms with Crippen molar-refractivity contribution in [1.29, 1.82) is 0 Å². The van der Waals surface area contributed by atoms with Crippen molar-refractivity contribution in [2.24, 2.45) is 0 Å².